The predicted molar refractivity (Wildman–Crippen MR) is 138 cm³/mol. The third-order valence-corrected chi connectivity index (χ3v) is 11.1. The predicted octanol–water partition coefficient (Wildman–Crippen LogP) is 2.98. The highest BCUT2D eigenvalue weighted by Crippen LogP contribution is 2.38. The summed E-state index contributed by atoms with van der Waals surface area (Å²) in [4.78, 5) is 30.0. The van der Waals surface area contributed by atoms with Crippen molar-refractivity contribution >= 4 is 21.8 Å². The van der Waals surface area contributed by atoms with E-state index in [1.54, 1.807) is 33.5 Å². The van der Waals surface area contributed by atoms with Gasteiger partial charge in [0.2, 0.25) is 15.9 Å². The number of benzene rings is 1. The summed E-state index contributed by atoms with van der Waals surface area (Å²) in [5.74, 6) is 0.0599. The van der Waals surface area contributed by atoms with E-state index in [1.165, 1.54) is 12.8 Å². The topological polar surface area (TPSA) is 104 Å². The van der Waals surface area contributed by atoms with Gasteiger partial charge < -0.3 is 10.6 Å². The summed E-state index contributed by atoms with van der Waals surface area (Å²) in [7, 11) is -3.59. The molecule has 36 heavy (non-hydrogen) atoms. The van der Waals surface area contributed by atoms with Crippen molar-refractivity contribution in [1.29, 1.82) is 0 Å². The Morgan fingerprint density at radius 1 is 0.806 bits per heavy atom. The summed E-state index contributed by atoms with van der Waals surface area (Å²) in [5.41, 5.74) is 5.69. The minimum absolute atomic E-state index is 0.109. The summed E-state index contributed by atoms with van der Waals surface area (Å²) < 4.78 is 28.7. The van der Waals surface area contributed by atoms with E-state index in [9.17, 15) is 18.0 Å². The molecule has 5 rings (SSSR count). The van der Waals surface area contributed by atoms with Crippen molar-refractivity contribution < 1.29 is 18.0 Å². The number of carbonyl (C=O) groups is 2. The van der Waals surface area contributed by atoms with E-state index in [0.717, 1.165) is 58.0 Å². The normalized spacial score (nSPS) is 27.8. The lowest BCUT2D eigenvalue weighted by Crippen LogP contribution is -2.63. The van der Waals surface area contributed by atoms with Crippen LogP contribution in [-0.2, 0) is 14.8 Å². The number of likely N-dealkylation sites (tertiary alicyclic amines) is 2. The molecule has 0 unspecified atom stereocenters. The molecule has 1 aromatic rings. The van der Waals surface area contributed by atoms with Crippen LogP contribution in [0.15, 0.2) is 29.2 Å². The summed E-state index contributed by atoms with van der Waals surface area (Å²) >= 11 is 0. The van der Waals surface area contributed by atoms with Crippen LogP contribution < -0.4 is 5.73 Å². The lowest BCUT2D eigenvalue weighted by molar-refractivity contribution is -0.134. The number of sulfonamides is 1. The molecule has 9 heteroatoms. The molecule has 1 aromatic carbocycles. The first-order chi connectivity index (χ1) is 17.3. The molecule has 3 aliphatic heterocycles. The molecule has 3 saturated heterocycles. The molecule has 2 amide bonds. The van der Waals surface area contributed by atoms with E-state index < -0.39 is 15.6 Å². The van der Waals surface area contributed by atoms with Crippen LogP contribution in [0, 0.1) is 5.92 Å². The van der Waals surface area contributed by atoms with E-state index in [2.05, 4.69) is 4.90 Å². The summed E-state index contributed by atoms with van der Waals surface area (Å²) in [6, 6.07) is 6.55. The van der Waals surface area contributed by atoms with Gasteiger partial charge in [0.1, 0.15) is 5.54 Å². The zero-order chi connectivity index (χ0) is 25.3. The van der Waals surface area contributed by atoms with E-state index >= 15 is 0 Å². The fourth-order valence-corrected chi connectivity index (χ4v) is 8.84. The quantitative estimate of drug-likeness (QED) is 0.648. The molecule has 1 saturated carbocycles. The minimum atomic E-state index is -3.59. The monoisotopic (exact) mass is 516 g/mol. The average molecular weight is 517 g/mol. The van der Waals surface area contributed by atoms with Crippen LogP contribution in [0.1, 0.15) is 81.0 Å². The van der Waals surface area contributed by atoms with Crippen LogP contribution in [-0.4, -0.2) is 78.6 Å². The highest BCUT2D eigenvalue weighted by molar-refractivity contribution is 7.89. The first-order valence-corrected chi connectivity index (χ1v) is 15.2. The van der Waals surface area contributed by atoms with Gasteiger partial charge in [-0.25, -0.2) is 8.42 Å². The molecule has 0 bridgehead atoms. The van der Waals surface area contributed by atoms with E-state index in [1.807, 2.05) is 0 Å². The number of nitrogens with zero attached hydrogens (tertiary/aromatic N) is 3. The van der Waals surface area contributed by atoms with Gasteiger partial charge in [-0.15, -0.1) is 0 Å². The Morgan fingerprint density at radius 2 is 1.44 bits per heavy atom. The molecule has 3 heterocycles. The lowest BCUT2D eigenvalue weighted by Gasteiger charge is -2.48. The molecule has 2 atom stereocenters. The number of hydrogen-bond acceptors (Lipinski definition) is 5. The smallest absolute Gasteiger partial charge is 0.253 e. The van der Waals surface area contributed by atoms with Gasteiger partial charge in [0.05, 0.1) is 4.90 Å². The van der Waals surface area contributed by atoms with Crippen molar-refractivity contribution in [2.24, 2.45) is 11.7 Å². The number of piperidine rings is 3. The number of amides is 2. The lowest BCUT2D eigenvalue weighted by atomic mass is 9.79. The maximum Gasteiger partial charge on any atom is 0.253 e. The second kappa shape index (κ2) is 10.4. The molecule has 0 spiro atoms. The third-order valence-electron chi connectivity index (χ3n) is 9.20. The second-order valence-electron chi connectivity index (χ2n) is 11.1. The highest BCUT2D eigenvalue weighted by Gasteiger charge is 2.46. The fraction of sp³-hybridized carbons (Fsp3) is 0.704. The van der Waals surface area contributed by atoms with Crippen LogP contribution in [0.3, 0.4) is 0 Å². The average Bonchev–Trinajstić information content (AvgIpc) is 2.93. The van der Waals surface area contributed by atoms with Gasteiger partial charge in [-0.05, 0) is 94.6 Å². The van der Waals surface area contributed by atoms with Crippen molar-refractivity contribution in [3.8, 4) is 0 Å². The van der Waals surface area contributed by atoms with Crippen LogP contribution in [0.5, 0.6) is 0 Å². The van der Waals surface area contributed by atoms with Gasteiger partial charge in [-0.1, -0.05) is 19.3 Å². The van der Waals surface area contributed by atoms with Crippen molar-refractivity contribution in [1.82, 2.24) is 14.1 Å². The van der Waals surface area contributed by atoms with Gasteiger partial charge >= 0.3 is 0 Å². The zero-order valence-electron chi connectivity index (χ0n) is 21.2. The van der Waals surface area contributed by atoms with Gasteiger partial charge in [0.15, 0.2) is 0 Å². The maximum atomic E-state index is 13.5. The molecule has 4 fully saturated rings. The molecule has 8 nitrogen and oxygen atoms in total. The van der Waals surface area contributed by atoms with E-state index in [4.69, 9.17) is 5.73 Å². The Labute approximate surface area is 215 Å². The van der Waals surface area contributed by atoms with Crippen LogP contribution in [0.2, 0.25) is 0 Å². The first-order valence-electron chi connectivity index (χ1n) is 13.8. The SMILES string of the molecule is NC(=O)C1(N2CCCCC2)CCN(C(=O)c2ccc(S(=O)(=O)N3CCC[C@H]4CCCC[C@@H]43)cc2)CC1. The first kappa shape index (κ1) is 25.7. The largest absolute Gasteiger partial charge is 0.368 e. The zero-order valence-corrected chi connectivity index (χ0v) is 22.1. The Balaban J connectivity index is 1.26. The molecule has 4 aliphatic rings. The molecular weight excluding hydrogens is 476 g/mol. The van der Waals surface area contributed by atoms with Gasteiger partial charge in [0, 0.05) is 31.2 Å². The summed E-state index contributed by atoms with van der Waals surface area (Å²) in [6.07, 6.45) is 10.8. The molecule has 1 aliphatic carbocycles. The molecule has 0 aromatic heterocycles. The van der Waals surface area contributed by atoms with Crippen molar-refractivity contribution in [3.63, 3.8) is 0 Å². The molecular formula is C27H40N4O4S. The maximum absolute atomic E-state index is 13.5. The van der Waals surface area contributed by atoms with Crippen LogP contribution in [0.25, 0.3) is 0 Å². The second-order valence-corrected chi connectivity index (χ2v) is 13.0. The molecule has 2 N–H and O–H groups in total. The van der Waals surface area contributed by atoms with E-state index in [0.29, 0.717) is 44.0 Å². The Bertz CT molecular complexity index is 1060. The fourth-order valence-electron chi connectivity index (χ4n) is 7.09. The van der Waals surface area contributed by atoms with Gasteiger partial charge in [0.25, 0.3) is 5.91 Å². The Morgan fingerprint density at radius 3 is 2.11 bits per heavy atom. The van der Waals surface area contributed by atoms with Crippen LogP contribution in [0.4, 0.5) is 0 Å². The number of nitrogens with two attached hydrogens (primary N) is 1. The number of primary amides is 1. The number of rotatable bonds is 5. The number of fused-ring (bicyclic) bond motifs is 1. The van der Waals surface area contributed by atoms with Crippen molar-refractivity contribution in [3.05, 3.63) is 29.8 Å². The third kappa shape index (κ3) is 4.70. The van der Waals surface area contributed by atoms with E-state index in [-0.39, 0.29) is 22.8 Å². The molecule has 0 radical (unpaired) electrons. The van der Waals surface area contributed by atoms with Crippen molar-refractivity contribution in [2.75, 3.05) is 32.7 Å². The van der Waals surface area contributed by atoms with Crippen molar-refractivity contribution in [2.45, 2.75) is 87.1 Å². The minimum Gasteiger partial charge on any atom is -0.368 e. The summed E-state index contributed by atoms with van der Waals surface area (Å²) in [6.45, 7) is 3.28. The highest BCUT2D eigenvalue weighted by atomic mass is 32.2. The Kier molecular flexibility index (Phi) is 7.43. The van der Waals surface area contributed by atoms with Gasteiger partial charge in [-0.2, -0.15) is 4.31 Å². The van der Waals surface area contributed by atoms with Crippen LogP contribution >= 0.6 is 0 Å². The summed E-state index contributed by atoms with van der Waals surface area (Å²) in [5, 5.41) is 0. The number of carbonyl (C=O) groups excluding carboxylic acids is 2. The molecule has 198 valence electrons. The standard InChI is InChI=1S/C27H40N4O4S/c28-26(33)27(30-16-4-1-5-17-30)14-19-29(20-15-27)25(32)22-10-12-23(13-11-22)36(34,35)31-18-6-8-21-7-2-3-9-24(21)31/h10-13,21,24H,1-9,14-20H2,(H2,28,33)/t21-,24+/m1/s1. The van der Waals surface area contributed by atoms with Gasteiger partial charge in [-0.3, -0.25) is 14.5 Å². The Hall–Kier alpha value is -1.97. The number of hydrogen-bond donors (Lipinski definition) is 1.